The van der Waals surface area contributed by atoms with Crippen molar-refractivity contribution >= 4 is 26.0 Å². The van der Waals surface area contributed by atoms with Crippen LogP contribution in [0.2, 0.25) is 0 Å². The molecule has 0 bridgehead atoms. The molecule has 0 amide bonds. The van der Waals surface area contributed by atoms with E-state index in [2.05, 4.69) is 15.9 Å². The van der Waals surface area contributed by atoms with Crippen molar-refractivity contribution in [3.63, 3.8) is 0 Å². The van der Waals surface area contributed by atoms with Crippen LogP contribution in [0.3, 0.4) is 0 Å². The maximum absolute atomic E-state index is 13.3. The highest BCUT2D eigenvalue weighted by atomic mass is 79.9. The first-order chi connectivity index (χ1) is 8.01. The molecule has 1 heterocycles. The second-order valence-corrected chi connectivity index (χ2v) is 6.38. The van der Waals surface area contributed by atoms with Gasteiger partial charge in [-0.05, 0) is 34.1 Å². The Morgan fingerprint density at radius 2 is 1.94 bits per heavy atom. The molecule has 1 aromatic carbocycles. The molecule has 0 unspecified atom stereocenters. The van der Waals surface area contributed by atoms with Gasteiger partial charge in [0.05, 0.1) is 22.6 Å². The van der Waals surface area contributed by atoms with Crippen molar-refractivity contribution in [1.29, 1.82) is 0 Å². The lowest BCUT2D eigenvalue weighted by atomic mass is 10.3. The highest BCUT2D eigenvalue weighted by Gasteiger charge is 2.26. The maximum atomic E-state index is 13.3. The van der Waals surface area contributed by atoms with E-state index in [1.165, 1.54) is 16.4 Å². The first kappa shape index (κ1) is 12.9. The summed E-state index contributed by atoms with van der Waals surface area (Å²) >= 11 is 2.99. The minimum atomic E-state index is -3.61. The fourth-order valence-corrected chi connectivity index (χ4v) is 3.24. The first-order valence-corrected chi connectivity index (χ1v) is 7.28. The lowest BCUT2D eigenvalue weighted by molar-refractivity contribution is 0.0730. The van der Waals surface area contributed by atoms with Crippen molar-refractivity contribution in [2.45, 2.75) is 4.90 Å². The lowest BCUT2D eigenvalue weighted by Gasteiger charge is -2.26. The Hall–Kier alpha value is -0.500. The monoisotopic (exact) mass is 323 g/mol. The first-order valence-electron chi connectivity index (χ1n) is 5.05. The Morgan fingerprint density at radius 1 is 1.29 bits per heavy atom. The van der Waals surface area contributed by atoms with Crippen molar-refractivity contribution in [3.05, 3.63) is 28.5 Å². The highest BCUT2D eigenvalue weighted by Crippen LogP contribution is 2.22. The molecular weight excluding hydrogens is 313 g/mol. The van der Waals surface area contributed by atoms with Gasteiger partial charge in [-0.25, -0.2) is 12.8 Å². The summed E-state index contributed by atoms with van der Waals surface area (Å²) in [5.41, 5.74) is 0. The number of rotatable bonds is 2. The third kappa shape index (κ3) is 2.67. The number of halogens is 2. The predicted octanol–water partition coefficient (Wildman–Crippen LogP) is 1.61. The van der Waals surface area contributed by atoms with Crippen molar-refractivity contribution in [1.82, 2.24) is 4.31 Å². The maximum Gasteiger partial charge on any atom is 0.243 e. The van der Waals surface area contributed by atoms with Crippen LogP contribution in [0, 0.1) is 5.82 Å². The van der Waals surface area contributed by atoms with Gasteiger partial charge < -0.3 is 4.74 Å². The molecule has 0 aliphatic carbocycles. The summed E-state index contributed by atoms with van der Waals surface area (Å²) in [5.74, 6) is -0.584. The fourth-order valence-electron chi connectivity index (χ4n) is 1.57. The topological polar surface area (TPSA) is 46.6 Å². The van der Waals surface area contributed by atoms with Gasteiger partial charge in [-0.1, -0.05) is 0 Å². The average molecular weight is 324 g/mol. The third-order valence-electron chi connectivity index (χ3n) is 2.50. The summed E-state index contributed by atoms with van der Waals surface area (Å²) < 4.78 is 44.2. The number of ether oxygens (including phenoxy) is 1. The summed E-state index contributed by atoms with van der Waals surface area (Å²) in [7, 11) is -3.61. The Kier molecular flexibility index (Phi) is 3.82. The van der Waals surface area contributed by atoms with E-state index in [9.17, 15) is 12.8 Å². The van der Waals surface area contributed by atoms with Gasteiger partial charge in [-0.2, -0.15) is 4.31 Å². The quantitative estimate of drug-likeness (QED) is 0.830. The smallest absolute Gasteiger partial charge is 0.243 e. The molecule has 0 spiro atoms. The molecule has 1 aromatic rings. The molecule has 0 aromatic heterocycles. The fraction of sp³-hybridized carbons (Fsp3) is 0.400. The van der Waals surface area contributed by atoms with Gasteiger partial charge >= 0.3 is 0 Å². The van der Waals surface area contributed by atoms with E-state index in [0.29, 0.717) is 26.3 Å². The molecule has 0 radical (unpaired) electrons. The third-order valence-corrected chi connectivity index (χ3v) is 5.04. The largest absolute Gasteiger partial charge is 0.379 e. The molecule has 94 valence electrons. The van der Waals surface area contributed by atoms with Gasteiger partial charge in [-0.3, -0.25) is 0 Å². The van der Waals surface area contributed by atoms with Crippen molar-refractivity contribution in [2.75, 3.05) is 26.3 Å². The van der Waals surface area contributed by atoms with E-state index < -0.39 is 15.8 Å². The number of morpholine rings is 1. The molecule has 7 heteroatoms. The number of benzene rings is 1. The number of nitrogens with zero attached hydrogens (tertiary/aromatic N) is 1. The summed E-state index contributed by atoms with van der Waals surface area (Å²) in [6.07, 6.45) is 0. The van der Waals surface area contributed by atoms with Crippen LogP contribution in [0.4, 0.5) is 4.39 Å². The summed E-state index contributed by atoms with van der Waals surface area (Å²) in [5, 5.41) is 0. The molecule has 1 aliphatic rings. The van der Waals surface area contributed by atoms with Crippen LogP contribution in [0.25, 0.3) is 0 Å². The van der Waals surface area contributed by atoms with E-state index in [4.69, 9.17) is 4.74 Å². The van der Waals surface area contributed by atoms with Gasteiger partial charge in [0.2, 0.25) is 10.0 Å². The Labute approximate surface area is 108 Å². The predicted molar refractivity (Wildman–Crippen MR) is 63.7 cm³/mol. The molecule has 2 rings (SSSR count). The number of hydrogen-bond donors (Lipinski definition) is 0. The van der Waals surface area contributed by atoms with Gasteiger partial charge in [0.1, 0.15) is 5.82 Å². The van der Waals surface area contributed by atoms with E-state index in [1.807, 2.05) is 0 Å². The summed E-state index contributed by atoms with van der Waals surface area (Å²) in [6.45, 7) is 1.36. The number of sulfonamides is 1. The van der Waals surface area contributed by atoms with Crippen LogP contribution in [0.5, 0.6) is 0 Å². The zero-order valence-corrected chi connectivity index (χ0v) is 11.3. The van der Waals surface area contributed by atoms with E-state index >= 15 is 0 Å². The van der Waals surface area contributed by atoms with Gasteiger partial charge in [0.25, 0.3) is 0 Å². The van der Waals surface area contributed by atoms with Gasteiger partial charge in [0, 0.05) is 13.1 Å². The summed E-state index contributed by atoms with van der Waals surface area (Å²) in [6, 6.07) is 3.80. The van der Waals surface area contributed by atoms with Crippen LogP contribution in [0.15, 0.2) is 27.6 Å². The van der Waals surface area contributed by atoms with Crippen molar-refractivity contribution < 1.29 is 17.5 Å². The van der Waals surface area contributed by atoms with Crippen molar-refractivity contribution in [3.8, 4) is 0 Å². The second-order valence-electron chi connectivity index (χ2n) is 3.59. The normalized spacial score (nSPS) is 18.2. The van der Waals surface area contributed by atoms with Crippen LogP contribution in [-0.2, 0) is 14.8 Å². The molecule has 1 fully saturated rings. The molecule has 1 aliphatic heterocycles. The highest BCUT2D eigenvalue weighted by molar-refractivity contribution is 9.10. The standard InChI is InChI=1S/C10H11BrFNO3S/c11-9-2-1-8(7-10(9)12)17(14,15)13-3-5-16-6-4-13/h1-2,7H,3-6H2. The molecule has 4 nitrogen and oxygen atoms in total. The Bertz CT molecular complexity index is 514. The SMILES string of the molecule is O=S(=O)(c1ccc(Br)c(F)c1)N1CCOCC1. The lowest BCUT2D eigenvalue weighted by Crippen LogP contribution is -2.40. The Morgan fingerprint density at radius 3 is 2.53 bits per heavy atom. The minimum Gasteiger partial charge on any atom is -0.379 e. The second kappa shape index (κ2) is 5.01. The van der Waals surface area contributed by atoms with Crippen LogP contribution >= 0.6 is 15.9 Å². The van der Waals surface area contributed by atoms with Gasteiger partial charge in [-0.15, -0.1) is 0 Å². The van der Waals surface area contributed by atoms with Crippen LogP contribution in [0.1, 0.15) is 0 Å². The van der Waals surface area contributed by atoms with Crippen LogP contribution in [-0.4, -0.2) is 39.0 Å². The Balaban J connectivity index is 2.33. The minimum absolute atomic E-state index is 0.0277. The molecule has 17 heavy (non-hydrogen) atoms. The van der Waals surface area contributed by atoms with E-state index in [0.717, 1.165) is 6.07 Å². The molecule has 0 atom stereocenters. The van der Waals surface area contributed by atoms with E-state index in [1.54, 1.807) is 0 Å². The molecule has 1 saturated heterocycles. The molecular formula is C10H11BrFNO3S. The van der Waals surface area contributed by atoms with Crippen molar-refractivity contribution in [2.24, 2.45) is 0 Å². The summed E-state index contributed by atoms with van der Waals surface area (Å²) in [4.78, 5) is -0.0277. The molecule has 0 saturated carbocycles. The molecule has 0 N–H and O–H groups in total. The average Bonchev–Trinajstić information content (AvgIpc) is 2.33. The number of hydrogen-bond acceptors (Lipinski definition) is 3. The van der Waals surface area contributed by atoms with E-state index in [-0.39, 0.29) is 9.37 Å². The zero-order valence-electron chi connectivity index (χ0n) is 8.90. The van der Waals surface area contributed by atoms with Gasteiger partial charge in [0.15, 0.2) is 0 Å². The zero-order chi connectivity index (χ0) is 12.5. The van der Waals surface area contributed by atoms with Crippen LogP contribution < -0.4 is 0 Å².